The third kappa shape index (κ3) is 6.69. The maximum atomic E-state index is 13.7. The third-order valence-corrected chi connectivity index (χ3v) is 9.61. The quantitative estimate of drug-likeness (QED) is 0.0644. The number of ketones is 1. The summed E-state index contributed by atoms with van der Waals surface area (Å²) in [6.45, 7) is 7.61. The van der Waals surface area contributed by atoms with Crippen LogP contribution in [0.25, 0.3) is 5.76 Å². The number of amides is 1. The Labute approximate surface area is 269 Å². The van der Waals surface area contributed by atoms with Crippen molar-refractivity contribution in [2.24, 2.45) is 5.92 Å². The van der Waals surface area contributed by atoms with Gasteiger partial charge in [-0.25, -0.2) is 0 Å². The molecular weight excluding hydrogens is 611 g/mol. The first kappa shape index (κ1) is 30.7. The summed E-state index contributed by atoms with van der Waals surface area (Å²) in [7, 11) is 0. The van der Waals surface area contributed by atoms with Crippen LogP contribution in [-0.4, -0.2) is 46.8 Å². The number of aliphatic hydroxyl groups is 1. The van der Waals surface area contributed by atoms with Gasteiger partial charge >= 0.3 is 5.91 Å². The topological polar surface area (TPSA) is 111 Å². The minimum Gasteiger partial charge on any atom is -0.507 e. The minimum absolute atomic E-state index is 0.0555. The molecule has 1 amide bonds. The molecule has 0 radical (unpaired) electrons. The number of hydrogen-bond acceptors (Lipinski definition) is 10. The lowest BCUT2D eigenvalue weighted by Crippen LogP contribution is -2.29. The Morgan fingerprint density at radius 3 is 2.60 bits per heavy atom. The summed E-state index contributed by atoms with van der Waals surface area (Å²) < 4.78 is 18.0. The molecule has 1 unspecified atom stereocenters. The fourth-order valence-corrected chi connectivity index (χ4v) is 6.89. The fourth-order valence-electron chi connectivity index (χ4n) is 5.07. The van der Waals surface area contributed by atoms with Crippen LogP contribution >= 0.6 is 23.1 Å². The molecule has 2 aliphatic rings. The predicted octanol–water partition coefficient (Wildman–Crippen LogP) is 6.96. The molecule has 0 saturated carbocycles. The number of carbonyl (C=O) groups excluding carboxylic acids is 2. The van der Waals surface area contributed by atoms with Crippen molar-refractivity contribution in [2.45, 2.75) is 43.3 Å². The molecule has 11 heteroatoms. The van der Waals surface area contributed by atoms with Crippen molar-refractivity contribution >= 4 is 45.7 Å². The lowest BCUT2D eigenvalue weighted by molar-refractivity contribution is -0.132. The van der Waals surface area contributed by atoms with Crippen molar-refractivity contribution in [1.82, 2.24) is 10.2 Å². The van der Waals surface area contributed by atoms with E-state index >= 15 is 0 Å². The highest BCUT2D eigenvalue weighted by molar-refractivity contribution is 8.00. The summed E-state index contributed by atoms with van der Waals surface area (Å²) in [5.74, 6) is 0.825. The zero-order valence-corrected chi connectivity index (χ0v) is 26.8. The van der Waals surface area contributed by atoms with Gasteiger partial charge < -0.3 is 19.3 Å². The molecular formula is C34H33N3O6S2. The number of hydrogen-bond donors (Lipinski definition) is 1. The summed E-state index contributed by atoms with van der Waals surface area (Å²) in [6, 6.07) is 19.5. The number of rotatable bonds is 10. The van der Waals surface area contributed by atoms with Gasteiger partial charge in [-0.1, -0.05) is 78.9 Å². The number of benzene rings is 3. The molecule has 232 valence electrons. The SMILES string of the molecule is Cc1ccc(CSc2nnc(N3C(=O)C(=O)/C(=C(/O)c4ccc5c(c4)OCCO5)C3c3cccc(OCCC(C)C)c3)s2)cc1. The first-order chi connectivity index (χ1) is 21.8. The Morgan fingerprint density at radius 1 is 1.04 bits per heavy atom. The molecule has 0 aliphatic carbocycles. The summed E-state index contributed by atoms with van der Waals surface area (Å²) in [6.07, 6.45) is 0.876. The number of fused-ring (bicyclic) bond motifs is 1. The lowest BCUT2D eigenvalue weighted by Gasteiger charge is -2.23. The van der Waals surface area contributed by atoms with Crippen molar-refractivity contribution in [3.63, 3.8) is 0 Å². The number of anilines is 1. The van der Waals surface area contributed by atoms with Crippen LogP contribution in [0.2, 0.25) is 0 Å². The highest BCUT2D eigenvalue weighted by Crippen LogP contribution is 2.45. The third-order valence-electron chi connectivity index (χ3n) is 7.48. The predicted molar refractivity (Wildman–Crippen MR) is 174 cm³/mol. The van der Waals surface area contributed by atoms with Crippen LogP contribution in [0.1, 0.15) is 48.6 Å². The van der Waals surface area contributed by atoms with Crippen molar-refractivity contribution < 1.29 is 28.9 Å². The van der Waals surface area contributed by atoms with E-state index in [1.807, 2.05) is 25.1 Å². The van der Waals surface area contributed by atoms with Gasteiger partial charge in [-0.2, -0.15) is 0 Å². The van der Waals surface area contributed by atoms with Crippen LogP contribution in [0.15, 0.2) is 76.6 Å². The molecule has 6 rings (SSSR count). The zero-order valence-electron chi connectivity index (χ0n) is 25.2. The Bertz CT molecular complexity index is 1750. The minimum atomic E-state index is -0.963. The molecule has 0 spiro atoms. The van der Waals surface area contributed by atoms with Crippen LogP contribution in [0.4, 0.5) is 5.13 Å². The molecule has 3 heterocycles. The van der Waals surface area contributed by atoms with Crippen LogP contribution in [0.3, 0.4) is 0 Å². The molecule has 1 aromatic heterocycles. The molecule has 1 atom stereocenters. The lowest BCUT2D eigenvalue weighted by atomic mass is 9.95. The van der Waals surface area contributed by atoms with Gasteiger partial charge in [0.2, 0.25) is 5.13 Å². The van der Waals surface area contributed by atoms with Crippen LogP contribution in [-0.2, 0) is 15.3 Å². The smallest absolute Gasteiger partial charge is 0.301 e. The number of thioether (sulfide) groups is 1. The van der Waals surface area contributed by atoms with Crippen LogP contribution in [0, 0.1) is 12.8 Å². The van der Waals surface area contributed by atoms with Gasteiger partial charge in [0.25, 0.3) is 5.78 Å². The van der Waals surface area contributed by atoms with E-state index in [0.717, 1.165) is 12.0 Å². The maximum Gasteiger partial charge on any atom is 0.301 e. The van der Waals surface area contributed by atoms with Gasteiger partial charge in [0.15, 0.2) is 15.8 Å². The average molecular weight is 644 g/mol. The van der Waals surface area contributed by atoms with Gasteiger partial charge in [0, 0.05) is 11.3 Å². The van der Waals surface area contributed by atoms with Gasteiger partial charge in [-0.05, 0) is 60.7 Å². The number of aliphatic hydroxyl groups excluding tert-OH is 1. The van der Waals surface area contributed by atoms with E-state index < -0.39 is 17.7 Å². The van der Waals surface area contributed by atoms with Crippen LogP contribution in [0.5, 0.6) is 17.2 Å². The summed E-state index contributed by atoms with van der Waals surface area (Å²) in [5.41, 5.74) is 3.19. The summed E-state index contributed by atoms with van der Waals surface area (Å²) in [4.78, 5) is 28.7. The summed E-state index contributed by atoms with van der Waals surface area (Å²) >= 11 is 2.73. The number of carbonyl (C=O) groups is 2. The Morgan fingerprint density at radius 2 is 1.82 bits per heavy atom. The van der Waals surface area contributed by atoms with Crippen molar-refractivity contribution in [2.75, 3.05) is 24.7 Å². The maximum absolute atomic E-state index is 13.7. The number of aryl methyl sites for hydroxylation is 1. The van der Waals surface area contributed by atoms with E-state index in [-0.39, 0.29) is 16.5 Å². The van der Waals surface area contributed by atoms with Gasteiger partial charge in [0.05, 0.1) is 18.2 Å². The van der Waals surface area contributed by atoms with E-state index in [1.165, 1.54) is 33.6 Å². The van der Waals surface area contributed by atoms with E-state index in [4.69, 9.17) is 14.2 Å². The molecule has 3 aromatic carbocycles. The van der Waals surface area contributed by atoms with Gasteiger partial charge in [-0.15, -0.1) is 10.2 Å². The monoisotopic (exact) mass is 643 g/mol. The number of Topliss-reactive ketones (excluding diaryl/α,β-unsaturated/α-hetero) is 1. The zero-order chi connectivity index (χ0) is 31.5. The molecule has 9 nitrogen and oxygen atoms in total. The Hall–Kier alpha value is -4.35. The normalized spacial score (nSPS) is 17.2. The second kappa shape index (κ2) is 13.3. The second-order valence-electron chi connectivity index (χ2n) is 11.3. The van der Waals surface area contributed by atoms with Gasteiger partial charge in [0.1, 0.15) is 24.7 Å². The standard InChI is InChI=1S/C34H33N3O6S2/c1-20(2)13-14-41-25-6-4-5-23(17-25)29-28(30(38)24-11-12-26-27(18-24)43-16-15-42-26)31(39)32(40)37(29)33-35-36-34(45-33)44-19-22-9-7-21(3)8-10-22/h4-12,17-18,20,29,38H,13-16,19H2,1-3H3/b30-28+. The van der Waals surface area contributed by atoms with Gasteiger partial charge in [-0.3, -0.25) is 14.5 Å². The van der Waals surface area contributed by atoms with Crippen molar-refractivity contribution in [1.29, 1.82) is 0 Å². The van der Waals surface area contributed by atoms with Crippen molar-refractivity contribution in [3.8, 4) is 17.2 Å². The molecule has 4 aromatic rings. The molecule has 1 fully saturated rings. The van der Waals surface area contributed by atoms with Crippen molar-refractivity contribution in [3.05, 3.63) is 94.6 Å². The van der Waals surface area contributed by atoms with E-state index in [9.17, 15) is 14.7 Å². The second-order valence-corrected chi connectivity index (χ2v) is 13.4. The first-order valence-electron chi connectivity index (χ1n) is 14.7. The fraction of sp³-hybridized carbons (Fsp3) is 0.294. The molecule has 0 bridgehead atoms. The largest absolute Gasteiger partial charge is 0.507 e. The Kier molecular flexibility index (Phi) is 9.09. The van der Waals surface area contributed by atoms with Crippen LogP contribution < -0.4 is 19.1 Å². The molecule has 2 aliphatic heterocycles. The number of ether oxygens (including phenoxy) is 3. The average Bonchev–Trinajstić information content (AvgIpc) is 3.61. The molecule has 1 N–H and O–H groups in total. The highest BCUT2D eigenvalue weighted by Gasteiger charge is 2.48. The first-order valence-corrected chi connectivity index (χ1v) is 16.5. The summed E-state index contributed by atoms with van der Waals surface area (Å²) in [5, 5.41) is 20.5. The number of nitrogens with zero attached hydrogens (tertiary/aromatic N) is 3. The molecule has 1 saturated heterocycles. The van der Waals surface area contributed by atoms with E-state index in [2.05, 4.69) is 48.3 Å². The Balaban J connectivity index is 1.37. The number of aromatic nitrogens is 2. The highest BCUT2D eigenvalue weighted by atomic mass is 32.2. The van der Waals surface area contributed by atoms with E-state index in [1.54, 1.807) is 24.3 Å². The molecule has 45 heavy (non-hydrogen) atoms. The van der Waals surface area contributed by atoms with E-state index in [0.29, 0.717) is 64.2 Å².